The van der Waals surface area contributed by atoms with Crippen molar-refractivity contribution < 1.29 is 19.0 Å². The molecule has 38 heavy (non-hydrogen) atoms. The molecule has 0 aliphatic carbocycles. The van der Waals surface area contributed by atoms with Gasteiger partial charge in [0.25, 0.3) is 0 Å². The van der Waals surface area contributed by atoms with Crippen molar-refractivity contribution >= 4 is 17.0 Å². The number of hydrogen-bond acceptors (Lipinski definition) is 7. The highest BCUT2D eigenvalue weighted by Crippen LogP contribution is 2.26. The Hall–Kier alpha value is -3.75. The van der Waals surface area contributed by atoms with Gasteiger partial charge in [0.05, 0.1) is 37.3 Å². The second-order valence-corrected chi connectivity index (χ2v) is 9.44. The molecule has 0 bridgehead atoms. The topological polar surface area (TPSA) is 78.7 Å². The van der Waals surface area contributed by atoms with E-state index in [-0.39, 0.29) is 5.97 Å². The lowest BCUT2D eigenvalue weighted by Gasteiger charge is -2.26. The van der Waals surface area contributed by atoms with Crippen molar-refractivity contribution in [2.45, 2.75) is 33.2 Å². The molecular weight excluding hydrogens is 480 g/mol. The summed E-state index contributed by atoms with van der Waals surface area (Å²) in [6.45, 7) is 9.16. The molecular formula is C30H34N4O4. The van der Waals surface area contributed by atoms with Gasteiger partial charge in [0.1, 0.15) is 11.5 Å². The molecule has 4 aromatic rings. The Morgan fingerprint density at radius 1 is 1.03 bits per heavy atom. The number of esters is 1. The van der Waals surface area contributed by atoms with Gasteiger partial charge in [0, 0.05) is 24.5 Å². The number of hydrogen-bond donors (Lipinski definition) is 0. The van der Waals surface area contributed by atoms with E-state index in [9.17, 15) is 4.79 Å². The summed E-state index contributed by atoms with van der Waals surface area (Å²) >= 11 is 0. The maximum absolute atomic E-state index is 12.9. The molecule has 0 saturated carbocycles. The van der Waals surface area contributed by atoms with E-state index in [2.05, 4.69) is 4.90 Å². The van der Waals surface area contributed by atoms with E-state index >= 15 is 0 Å². The summed E-state index contributed by atoms with van der Waals surface area (Å²) in [6, 6.07) is 19.6. The third-order valence-electron chi connectivity index (χ3n) is 6.76. The molecule has 0 N–H and O–H groups in total. The summed E-state index contributed by atoms with van der Waals surface area (Å²) in [6.07, 6.45) is 1.73. The van der Waals surface area contributed by atoms with Crippen LogP contribution in [-0.2, 0) is 22.4 Å². The van der Waals surface area contributed by atoms with Crippen LogP contribution >= 0.6 is 0 Å². The van der Waals surface area contributed by atoms with Crippen LogP contribution in [0.1, 0.15) is 40.7 Å². The number of rotatable bonds is 10. The number of carbonyl (C=O) groups excluding carboxylic acids is 1. The van der Waals surface area contributed by atoms with Crippen LogP contribution in [0.4, 0.5) is 0 Å². The van der Waals surface area contributed by atoms with Crippen LogP contribution in [0, 0.1) is 6.92 Å². The van der Waals surface area contributed by atoms with Crippen LogP contribution in [0.5, 0.6) is 11.5 Å². The number of ether oxygens (including phenoxy) is 3. The van der Waals surface area contributed by atoms with Crippen LogP contribution in [0.3, 0.4) is 0 Å². The van der Waals surface area contributed by atoms with Gasteiger partial charge in [-0.1, -0.05) is 30.3 Å². The highest BCUT2D eigenvalue weighted by molar-refractivity contribution is 6.03. The zero-order valence-electron chi connectivity index (χ0n) is 22.1. The first-order chi connectivity index (χ1) is 18.6. The Labute approximate surface area is 223 Å². The van der Waals surface area contributed by atoms with E-state index in [1.807, 2.05) is 79.2 Å². The lowest BCUT2D eigenvalue weighted by Crippen LogP contribution is -2.36. The molecule has 0 atom stereocenters. The normalized spacial score (nSPS) is 14.1. The summed E-state index contributed by atoms with van der Waals surface area (Å²) in [5, 5.41) is 5.55. The zero-order valence-corrected chi connectivity index (χ0v) is 22.1. The van der Waals surface area contributed by atoms with Gasteiger partial charge in [-0.25, -0.2) is 9.78 Å². The first-order valence-electron chi connectivity index (χ1n) is 13.3. The molecule has 1 fully saturated rings. The Balaban J connectivity index is 1.35. The Bertz CT molecular complexity index is 1360. The predicted molar refractivity (Wildman–Crippen MR) is 146 cm³/mol. The number of nitrogens with zero attached hydrogens (tertiary/aromatic N) is 4. The number of fused-ring (bicyclic) bond motifs is 1. The van der Waals surface area contributed by atoms with Gasteiger partial charge in [0.15, 0.2) is 5.65 Å². The van der Waals surface area contributed by atoms with Crippen LogP contribution in [0.25, 0.3) is 11.0 Å². The second-order valence-electron chi connectivity index (χ2n) is 9.44. The van der Waals surface area contributed by atoms with Crippen molar-refractivity contribution in [1.29, 1.82) is 0 Å². The van der Waals surface area contributed by atoms with Gasteiger partial charge >= 0.3 is 5.97 Å². The summed E-state index contributed by atoms with van der Waals surface area (Å²) in [5.74, 6) is 1.24. The molecule has 0 amide bonds. The maximum atomic E-state index is 12.9. The summed E-state index contributed by atoms with van der Waals surface area (Å²) in [7, 11) is 0. The number of morpholine rings is 1. The highest BCUT2D eigenvalue weighted by Gasteiger charge is 2.21. The quantitative estimate of drug-likeness (QED) is 0.275. The molecule has 8 nitrogen and oxygen atoms in total. The number of carbonyl (C=O) groups is 1. The molecule has 1 aliphatic rings. The van der Waals surface area contributed by atoms with Crippen molar-refractivity contribution in [3.8, 4) is 11.5 Å². The van der Waals surface area contributed by atoms with Crippen molar-refractivity contribution in [1.82, 2.24) is 19.7 Å². The van der Waals surface area contributed by atoms with Crippen molar-refractivity contribution in [3.63, 3.8) is 0 Å². The number of benzene rings is 2. The zero-order chi connectivity index (χ0) is 26.3. The molecule has 0 unspecified atom stereocenters. The molecule has 198 valence electrons. The predicted octanol–water partition coefficient (Wildman–Crippen LogP) is 5.02. The standard InChI is InChI=1S/C30H34N4O4/c1-3-37-30(35)27-20-24(8-7-15-33-16-18-36-19-17-33)31-29-28(27)22(2)34(32-29)21-23-11-13-26(14-12-23)38-25-9-5-4-6-10-25/h4-6,9-14,20H,3,7-8,15-19,21H2,1-2H3. The minimum atomic E-state index is -0.334. The molecule has 0 radical (unpaired) electrons. The lowest BCUT2D eigenvalue weighted by atomic mass is 10.1. The first kappa shape index (κ1) is 25.9. The van der Waals surface area contributed by atoms with Crippen LogP contribution < -0.4 is 4.74 Å². The first-order valence-corrected chi connectivity index (χ1v) is 13.3. The fourth-order valence-corrected chi connectivity index (χ4v) is 4.75. The van der Waals surface area contributed by atoms with Gasteiger partial charge in [-0.15, -0.1) is 0 Å². The SMILES string of the molecule is CCOC(=O)c1cc(CCCN2CCOCC2)nc2nn(Cc3ccc(Oc4ccccc4)cc3)c(C)c12. The number of pyridine rings is 1. The fourth-order valence-electron chi connectivity index (χ4n) is 4.75. The van der Waals surface area contributed by atoms with Gasteiger partial charge in [0.2, 0.25) is 0 Å². The van der Waals surface area contributed by atoms with E-state index in [0.29, 0.717) is 24.4 Å². The van der Waals surface area contributed by atoms with Crippen LogP contribution in [0.15, 0.2) is 60.7 Å². The molecule has 5 rings (SSSR count). The Morgan fingerprint density at radius 2 is 1.76 bits per heavy atom. The van der Waals surface area contributed by atoms with Gasteiger partial charge in [-0.05, 0) is 69.1 Å². The lowest BCUT2D eigenvalue weighted by molar-refractivity contribution is 0.0374. The van der Waals surface area contributed by atoms with Crippen LogP contribution in [-0.4, -0.2) is 65.1 Å². The monoisotopic (exact) mass is 514 g/mol. The van der Waals surface area contributed by atoms with Crippen molar-refractivity contribution in [2.75, 3.05) is 39.5 Å². The minimum Gasteiger partial charge on any atom is -0.462 e. The smallest absolute Gasteiger partial charge is 0.339 e. The van der Waals surface area contributed by atoms with Crippen LogP contribution in [0.2, 0.25) is 0 Å². The Morgan fingerprint density at radius 3 is 2.50 bits per heavy atom. The third kappa shape index (κ3) is 6.20. The second kappa shape index (κ2) is 12.2. The van der Waals surface area contributed by atoms with E-state index in [0.717, 1.165) is 79.5 Å². The average Bonchev–Trinajstić information content (AvgIpc) is 3.25. The maximum Gasteiger partial charge on any atom is 0.339 e. The molecule has 1 saturated heterocycles. The molecule has 0 spiro atoms. The average molecular weight is 515 g/mol. The molecule has 2 aromatic heterocycles. The molecule has 8 heteroatoms. The van der Waals surface area contributed by atoms with E-state index in [1.54, 1.807) is 0 Å². The fraction of sp³-hybridized carbons (Fsp3) is 0.367. The van der Waals surface area contributed by atoms with E-state index in [4.69, 9.17) is 24.3 Å². The van der Waals surface area contributed by atoms with Gasteiger partial charge in [-0.2, -0.15) is 5.10 Å². The minimum absolute atomic E-state index is 0.319. The van der Waals surface area contributed by atoms with E-state index in [1.165, 1.54) is 0 Å². The summed E-state index contributed by atoms with van der Waals surface area (Å²) < 4.78 is 18.7. The van der Waals surface area contributed by atoms with Gasteiger partial charge < -0.3 is 14.2 Å². The number of aryl methyl sites for hydroxylation is 2. The van der Waals surface area contributed by atoms with Crippen molar-refractivity contribution in [3.05, 3.63) is 83.2 Å². The summed E-state index contributed by atoms with van der Waals surface area (Å²) in [5.41, 5.74) is 3.94. The third-order valence-corrected chi connectivity index (χ3v) is 6.76. The van der Waals surface area contributed by atoms with E-state index < -0.39 is 0 Å². The van der Waals surface area contributed by atoms with Crippen molar-refractivity contribution in [2.24, 2.45) is 0 Å². The summed E-state index contributed by atoms with van der Waals surface area (Å²) in [4.78, 5) is 20.2. The largest absolute Gasteiger partial charge is 0.462 e. The molecule has 2 aromatic carbocycles. The highest BCUT2D eigenvalue weighted by atomic mass is 16.5. The Kier molecular flexibility index (Phi) is 8.31. The number of para-hydroxylation sites is 1. The van der Waals surface area contributed by atoms with Gasteiger partial charge in [-0.3, -0.25) is 9.58 Å². The molecule has 3 heterocycles. The number of aromatic nitrogens is 3. The molecule has 1 aliphatic heterocycles.